The number of hydrogen-bond donors (Lipinski definition) is 1. The van der Waals surface area contributed by atoms with Gasteiger partial charge in [0, 0.05) is 25.2 Å². The van der Waals surface area contributed by atoms with E-state index in [1.807, 2.05) is 0 Å². The van der Waals surface area contributed by atoms with Crippen LogP contribution in [0.1, 0.15) is 18.9 Å². The first-order valence-corrected chi connectivity index (χ1v) is 7.33. The van der Waals surface area contributed by atoms with Crippen molar-refractivity contribution in [1.82, 2.24) is 14.9 Å². The van der Waals surface area contributed by atoms with Gasteiger partial charge in [-0.1, -0.05) is 6.92 Å². The average Bonchev–Trinajstić information content (AvgIpc) is 2.43. The highest BCUT2D eigenvalue weighted by atomic mass is 19.4. The van der Waals surface area contributed by atoms with Crippen LogP contribution in [0.4, 0.5) is 27.9 Å². The summed E-state index contributed by atoms with van der Waals surface area (Å²) >= 11 is 0. The minimum absolute atomic E-state index is 0.0437. The van der Waals surface area contributed by atoms with E-state index in [-0.39, 0.29) is 37.4 Å². The maximum atomic E-state index is 13.5. The Balaban J connectivity index is 2.07. The van der Waals surface area contributed by atoms with E-state index in [4.69, 9.17) is 0 Å². The Kier molecular flexibility index (Phi) is 5.17. The van der Waals surface area contributed by atoms with Gasteiger partial charge in [0.25, 0.3) is 5.92 Å². The summed E-state index contributed by atoms with van der Waals surface area (Å²) < 4.78 is 69.9. The summed E-state index contributed by atoms with van der Waals surface area (Å²) in [6.07, 6.45) is -4.22. The Bertz CT molecular complexity index is 567. The van der Waals surface area contributed by atoms with Gasteiger partial charge in [0.1, 0.15) is 5.56 Å². The number of rotatable bonds is 4. The van der Waals surface area contributed by atoms with Crippen molar-refractivity contribution in [2.75, 3.05) is 32.6 Å². The van der Waals surface area contributed by atoms with E-state index in [9.17, 15) is 22.0 Å². The third kappa shape index (κ3) is 4.22. The first kappa shape index (κ1) is 18.6. The highest BCUT2D eigenvalue weighted by Crippen LogP contribution is 2.35. The Morgan fingerprint density at radius 2 is 2.08 bits per heavy atom. The molecule has 2 unspecified atom stereocenters. The molecular weight excluding hydrogens is 335 g/mol. The van der Waals surface area contributed by atoms with E-state index in [2.05, 4.69) is 20.0 Å². The number of hydrogen-bond acceptors (Lipinski definition) is 5. The number of nitrogens with zero attached hydrogens (tertiary/aromatic N) is 3. The molecule has 1 N–H and O–H groups in total. The summed E-state index contributed by atoms with van der Waals surface area (Å²) in [5.74, 6) is -3.66. The fraction of sp³-hybridized carbons (Fsp3) is 0.714. The maximum absolute atomic E-state index is 13.5. The van der Waals surface area contributed by atoms with E-state index >= 15 is 0 Å². The minimum atomic E-state index is -4.62. The summed E-state index contributed by atoms with van der Waals surface area (Å²) in [6.45, 7) is 1.59. The van der Waals surface area contributed by atoms with Crippen molar-refractivity contribution < 1.29 is 26.7 Å². The number of alkyl halides is 5. The van der Waals surface area contributed by atoms with Gasteiger partial charge in [-0.2, -0.15) is 18.2 Å². The van der Waals surface area contributed by atoms with Gasteiger partial charge >= 0.3 is 6.18 Å². The van der Waals surface area contributed by atoms with E-state index in [1.165, 1.54) is 4.90 Å². The average molecular weight is 354 g/mol. The summed E-state index contributed by atoms with van der Waals surface area (Å²) in [7, 11) is 2.67. The van der Waals surface area contributed by atoms with Gasteiger partial charge in [-0.05, 0) is 13.0 Å². The van der Waals surface area contributed by atoms with Gasteiger partial charge in [0.15, 0.2) is 0 Å². The normalized spacial score (nSPS) is 24.7. The molecule has 0 aromatic carbocycles. The zero-order valence-electron chi connectivity index (χ0n) is 13.5. The summed E-state index contributed by atoms with van der Waals surface area (Å²) in [5, 5.41) is 2.80. The van der Waals surface area contributed by atoms with Crippen LogP contribution < -0.4 is 10.1 Å². The fourth-order valence-corrected chi connectivity index (χ4v) is 2.94. The van der Waals surface area contributed by atoms with Crippen LogP contribution in [0.25, 0.3) is 0 Å². The van der Waals surface area contributed by atoms with Crippen molar-refractivity contribution >= 4 is 5.95 Å². The molecule has 10 heteroatoms. The van der Waals surface area contributed by atoms with E-state index in [0.29, 0.717) is 6.20 Å². The first-order chi connectivity index (χ1) is 11.0. The lowest BCUT2D eigenvalue weighted by atomic mass is 9.89. The lowest BCUT2D eigenvalue weighted by molar-refractivity contribution is -0.139. The monoisotopic (exact) mass is 354 g/mol. The van der Waals surface area contributed by atoms with Crippen molar-refractivity contribution in [2.24, 2.45) is 5.92 Å². The van der Waals surface area contributed by atoms with Crippen LogP contribution >= 0.6 is 0 Å². The predicted molar refractivity (Wildman–Crippen MR) is 77.2 cm³/mol. The molecule has 1 aliphatic heterocycles. The Hall–Kier alpha value is -1.71. The van der Waals surface area contributed by atoms with Crippen LogP contribution in [-0.2, 0) is 6.18 Å². The molecule has 2 heterocycles. The summed E-state index contributed by atoms with van der Waals surface area (Å²) in [4.78, 5) is 8.85. The third-order valence-corrected chi connectivity index (χ3v) is 4.05. The molecule has 5 nitrogen and oxygen atoms in total. The van der Waals surface area contributed by atoms with Crippen LogP contribution in [-0.4, -0.2) is 54.1 Å². The number of nitrogens with one attached hydrogen (secondary N) is 1. The molecule has 2 rings (SSSR count). The fourth-order valence-electron chi connectivity index (χ4n) is 2.94. The number of methoxy groups -OCH3 is 1. The quantitative estimate of drug-likeness (QED) is 0.843. The number of halogens is 5. The minimum Gasteiger partial charge on any atom is -0.480 e. The number of ether oxygens (including phenoxy) is 1. The van der Waals surface area contributed by atoms with Crippen molar-refractivity contribution in [1.29, 1.82) is 0 Å². The van der Waals surface area contributed by atoms with Crippen LogP contribution in [0.15, 0.2) is 6.20 Å². The van der Waals surface area contributed by atoms with Gasteiger partial charge in [-0.15, -0.1) is 0 Å². The number of likely N-dealkylation sites (tertiary alicyclic amines) is 1. The molecule has 1 aromatic heterocycles. The molecule has 2 atom stereocenters. The van der Waals surface area contributed by atoms with Gasteiger partial charge in [0.2, 0.25) is 11.8 Å². The Morgan fingerprint density at radius 1 is 1.42 bits per heavy atom. The van der Waals surface area contributed by atoms with Crippen molar-refractivity contribution in [2.45, 2.75) is 31.5 Å². The molecule has 24 heavy (non-hydrogen) atoms. The van der Waals surface area contributed by atoms with Crippen LogP contribution in [0.5, 0.6) is 5.88 Å². The molecule has 0 spiro atoms. The second-order valence-corrected chi connectivity index (χ2v) is 6.02. The van der Waals surface area contributed by atoms with Crippen LogP contribution in [0.3, 0.4) is 0 Å². The third-order valence-electron chi connectivity index (χ3n) is 4.05. The van der Waals surface area contributed by atoms with Crippen LogP contribution in [0, 0.1) is 5.92 Å². The summed E-state index contributed by atoms with van der Waals surface area (Å²) in [5.41, 5.74) is -1.07. The molecule has 0 amide bonds. The Labute approximate surface area is 136 Å². The maximum Gasteiger partial charge on any atom is 0.423 e. The summed E-state index contributed by atoms with van der Waals surface area (Å²) in [6, 6.07) is -0.207. The lowest BCUT2D eigenvalue weighted by Crippen LogP contribution is -2.53. The van der Waals surface area contributed by atoms with Crippen molar-refractivity contribution in [3.63, 3.8) is 0 Å². The van der Waals surface area contributed by atoms with E-state index < -0.39 is 23.5 Å². The predicted octanol–water partition coefficient (Wildman–Crippen LogP) is 2.89. The van der Waals surface area contributed by atoms with Gasteiger partial charge < -0.3 is 10.1 Å². The molecule has 0 radical (unpaired) electrons. The van der Waals surface area contributed by atoms with Gasteiger partial charge in [-0.3, -0.25) is 4.90 Å². The zero-order chi connectivity index (χ0) is 18.1. The highest BCUT2D eigenvalue weighted by Gasteiger charge is 2.42. The standard InChI is InChI=1S/C14H19F5N4O/c1-8-4-13(15,16)7-23(2)10(8)6-21-12-20-5-9(14(17,18)19)11(22-12)24-3/h5,8,10H,4,6-7H2,1-3H3,(H,20,21,22). The number of anilines is 1. The second-order valence-electron chi connectivity index (χ2n) is 6.02. The highest BCUT2D eigenvalue weighted by molar-refractivity contribution is 5.35. The molecule has 0 aliphatic carbocycles. The van der Waals surface area contributed by atoms with Gasteiger partial charge in [0.05, 0.1) is 13.7 Å². The first-order valence-electron chi connectivity index (χ1n) is 7.33. The van der Waals surface area contributed by atoms with Crippen LogP contribution in [0.2, 0.25) is 0 Å². The lowest BCUT2D eigenvalue weighted by Gasteiger charge is -2.41. The smallest absolute Gasteiger partial charge is 0.423 e. The molecule has 1 aliphatic rings. The zero-order valence-corrected chi connectivity index (χ0v) is 13.5. The molecular formula is C14H19F5N4O. The topological polar surface area (TPSA) is 50.3 Å². The number of piperidine rings is 1. The largest absolute Gasteiger partial charge is 0.480 e. The SMILES string of the molecule is COc1nc(NCC2C(C)CC(F)(F)CN2C)ncc1C(F)(F)F. The molecule has 136 valence electrons. The van der Waals surface area contributed by atoms with Crippen molar-refractivity contribution in [3.8, 4) is 5.88 Å². The van der Waals surface area contributed by atoms with Gasteiger partial charge in [-0.25, -0.2) is 13.8 Å². The molecule has 1 saturated heterocycles. The Morgan fingerprint density at radius 3 is 2.62 bits per heavy atom. The van der Waals surface area contributed by atoms with E-state index in [1.54, 1.807) is 14.0 Å². The molecule has 1 aromatic rings. The molecule has 0 saturated carbocycles. The number of aromatic nitrogens is 2. The number of likely N-dealkylation sites (N-methyl/N-ethyl adjacent to an activating group) is 1. The van der Waals surface area contributed by atoms with E-state index in [0.717, 1.165) is 7.11 Å². The second kappa shape index (κ2) is 6.66. The molecule has 0 bridgehead atoms. The molecule has 1 fully saturated rings. The van der Waals surface area contributed by atoms with Crippen molar-refractivity contribution in [3.05, 3.63) is 11.8 Å².